The topological polar surface area (TPSA) is 38.5 Å². The fraction of sp³-hybridized carbons (Fsp3) is 0.333. The van der Waals surface area contributed by atoms with E-state index in [0.717, 1.165) is 44.8 Å². The summed E-state index contributed by atoms with van der Waals surface area (Å²) in [4.78, 5) is 2.38. The number of hydrogen-bond donors (Lipinski definition) is 1. The Bertz CT molecular complexity index is 487. The lowest BCUT2D eigenvalue weighted by Gasteiger charge is -2.24. The Morgan fingerprint density at radius 3 is 2.10 bits per heavy atom. The molecule has 112 valence electrons. The quantitative estimate of drug-likeness (QED) is 0.718. The smallest absolute Gasteiger partial charge is 0.119 e. The first-order chi connectivity index (χ1) is 10.4. The third-order valence-electron chi connectivity index (χ3n) is 3.34. The zero-order chi connectivity index (χ0) is 14.8. The van der Waals surface area contributed by atoms with Crippen LogP contribution in [0.25, 0.3) is 0 Å². The van der Waals surface area contributed by atoms with E-state index in [1.54, 1.807) is 0 Å². The van der Waals surface area contributed by atoms with Crippen molar-refractivity contribution in [1.29, 1.82) is 0 Å². The third kappa shape index (κ3) is 5.48. The van der Waals surface area contributed by atoms with Crippen molar-refractivity contribution in [2.45, 2.75) is 12.8 Å². The highest BCUT2D eigenvalue weighted by molar-refractivity contribution is 5.45. The van der Waals surface area contributed by atoms with Crippen LogP contribution in [-0.4, -0.2) is 26.2 Å². The molecule has 2 aromatic rings. The van der Waals surface area contributed by atoms with Crippen LogP contribution >= 0.6 is 0 Å². The van der Waals surface area contributed by atoms with Crippen molar-refractivity contribution in [2.24, 2.45) is 5.73 Å². The van der Waals surface area contributed by atoms with E-state index in [4.69, 9.17) is 10.5 Å². The second kappa shape index (κ2) is 9.03. The average molecular weight is 284 g/mol. The molecule has 2 aromatic carbocycles. The van der Waals surface area contributed by atoms with Gasteiger partial charge in [0.15, 0.2) is 0 Å². The summed E-state index contributed by atoms with van der Waals surface area (Å²) in [6.45, 7) is 3.43. The van der Waals surface area contributed by atoms with Crippen LogP contribution in [0.4, 0.5) is 5.69 Å². The number of hydrogen-bond acceptors (Lipinski definition) is 3. The zero-order valence-electron chi connectivity index (χ0n) is 12.4. The van der Waals surface area contributed by atoms with Crippen LogP contribution in [-0.2, 0) is 0 Å². The van der Waals surface area contributed by atoms with Gasteiger partial charge in [-0.3, -0.25) is 0 Å². The van der Waals surface area contributed by atoms with Crippen molar-refractivity contribution >= 4 is 5.69 Å². The summed E-state index contributed by atoms with van der Waals surface area (Å²) in [7, 11) is 0. The van der Waals surface area contributed by atoms with Gasteiger partial charge in [0.2, 0.25) is 0 Å². The average Bonchev–Trinajstić information content (AvgIpc) is 2.56. The fourth-order valence-corrected chi connectivity index (χ4v) is 2.25. The monoisotopic (exact) mass is 284 g/mol. The molecule has 0 saturated heterocycles. The van der Waals surface area contributed by atoms with E-state index in [-0.39, 0.29) is 0 Å². The van der Waals surface area contributed by atoms with E-state index in [9.17, 15) is 0 Å². The normalized spacial score (nSPS) is 10.3. The van der Waals surface area contributed by atoms with Crippen LogP contribution in [0.15, 0.2) is 60.7 Å². The van der Waals surface area contributed by atoms with Crippen LogP contribution < -0.4 is 15.4 Å². The van der Waals surface area contributed by atoms with Crippen molar-refractivity contribution in [3.8, 4) is 5.75 Å². The van der Waals surface area contributed by atoms with Crippen molar-refractivity contribution in [3.63, 3.8) is 0 Å². The minimum atomic E-state index is 0.726. The first kappa shape index (κ1) is 15.4. The van der Waals surface area contributed by atoms with Gasteiger partial charge in [0.25, 0.3) is 0 Å². The summed E-state index contributed by atoms with van der Waals surface area (Å²) >= 11 is 0. The molecule has 0 radical (unpaired) electrons. The highest BCUT2D eigenvalue weighted by atomic mass is 16.5. The van der Waals surface area contributed by atoms with Crippen LogP contribution in [0.2, 0.25) is 0 Å². The molecular formula is C18H24N2O. The second-order valence-corrected chi connectivity index (χ2v) is 4.98. The van der Waals surface area contributed by atoms with Crippen molar-refractivity contribution in [3.05, 3.63) is 60.7 Å². The van der Waals surface area contributed by atoms with Gasteiger partial charge in [-0.25, -0.2) is 0 Å². The summed E-state index contributed by atoms with van der Waals surface area (Å²) in [5.74, 6) is 0.936. The van der Waals surface area contributed by atoms with Gasteiger partial charge in [0, 0.05) is 18.8 Å². The number of para-hydroxylation sites is 2. The number of nitrogens with two attached hydrogens (primary N) is 1. The molecule has 0 spiro atoms. The van der Waals surface area contributed by atoms with E-state index in [2.05, 4.69) is 29.2 Å². The van der Waals surface area contributed by atoms with Crippen LogP contribution in [0.3, 0.4) is 0 Å². The minimum absolute atomic E-state index is 0.726. The number of anilines is 1. The molecule has 0 aromatic heterocycles. The highest BCUT2D eigenvalue weighted by Crippen LogP contribution is 2.14. The number of rotatable bonds is 9. The van der Waals surface area contributed by atoms with Gasteiger partial charge in [0.1, 0.15) is 5.75 Å². The molecule has 2 N–H and O–H groups in total. The van der Waals surface area contributed by atoms with E-state index >= 15 is 0 Å². The molecule has 0 fully saturated rings. The maximum atomic E-state index is 5.75. The molecular weight excluding hydrogens is 260 g/mol. The van der Waals surface area contributed by atoms with Gasteiger partial charge in [-0.1, -0.05) is 36.4 Å². The molecule has 0 aliphatic rings. The molecule has 3 heteroatoms. The lowest BCUT2D eigenvalue weighted by Crippen LogP contribution is -2.28. The summed E-state index contributed by atoms with van der Waals surface area (Å²) < 4.78 is 5.75. The van der Waals surface area contributed by atoms with E-state index in [1.165, 1.54) is 5.69 Å². The van der Waals surface area contributed by atoms with Crippen LogP contribution in [0, 0.1) is 0 Å². The minimum Gasteiger partial charge on any atom is -0.494 e. The Morgan fingerprint density at radius 1 is 0.810 bits per heavy atom. The highest BCUT2D eigenvalue weighted by Gasteiger charge is 2.05. The zero-order valence-corrected chi connectivity index (χ0v) is 12.4. The van der Waals surface area contributed by atoms with Gasteiger partial charge in [-0.05, 0) is 43.7 Å². The first-order valence-corrected chi connectivity index (χ1v) is 7.58. The molecule has 0 amide bonds. The molecule has 0 bridgehead atoms. The Labute approximate surface area is 127 Å². The molecule has 0 saturated carbocycles. The first-order valence-electron chi connectivity index (χ1n) is 7.58. The predicted molar refractivity (Wildman–Crippen MR) is 88.9 cm³/mol. The lowest BCUT2D eigenvalue weighted by molar-refractivity contribution is 0.311. The van der Waals surface area contributed by atoms with Gasteiger partial charge in [0.05, 0.1) is 6.61 Å². The summed E-state index contributed by atoms with van der Waals surface area (Å²) in [6, 6.07) is 20.5. The van der Waals surface area contributed by atoms with Gasteiger partial charge in [-0.15, -0.1) is 0 Å². The Morgan fingerprint density at radius 2 is 1.43 bits per heavy atom. The summed E-state index contributed by atoms with van der Waals surface area (Å²) in [5.41, 5.74) is 6.89. The standard InChI is InChI=1S/C18H24N2O/c19-13-7-14-20(17-9-3-1-4-10-17)15-8-16-21-18-11-5-2-6-12-18/h1-6,9-12H,7-8,13-16,19H2. The number of benzene rings is 2. The largest absolute Gasteiger partial charge is 0.494 e. The maximum absolute atomic E-state index is 5.75. The molecule has 2 rings (SSSR count). The third-order valence-corrected chi connectivity index (χ3v) is 3.34. The van der Waals surface area contributed by atoms with Gasteiger partial charge < -0.3 is 15.4 Å². The Hall–Kier alpha value is -2.00. The molecule has 0 unspecified atom stereocenters. The molecule has 21 heavy (non-hydrogen) atoms. The van der Waals surface area contributed by atoms with E-state index < -0.39 is 0 Å². The summed E-state index contributed by atoms with van der Waals surface area (Å²) in [5, 5.41) is 0. The SMILES string of the molecule is NCCCN(CCCOc1ccccc1)c1ccccc1. The molecule has 0 heterocycles. The fourth-order valence-electron chi connectivity index (χ4n) is 2.25. The Balaban J connectivity index is 1.79. The molecule has 0 aliphatic carbocycles. The van der Waals surface area contributed by atoms with E-state index in [0.29, 0.717) is 0 Å². The lowest BCUT2D eigenvalue weighted by atomic mass is 10.2. The second-order valence-electron chi connectivity index (χ2n) is 4.98. The summed E-state index contributed by atoms with van der Waals surface area (Å²) in [6.07, 6.45) is 2.00. The molecule has 0 aliphatic heterocycles. The molecule has 3 nitrogen and oxygen atoms in total. The van der Waals surface area contributed by atoms with Crippen molar-refractivity contribution < 1.29 is 4.74 Å². The van der Waals surface area contributed by atoms with Crippen LogP contribution in [0.5, 0.6) is 5.75 Å². The number of ether oxygens (including phenoxy) is 1. The van der Waals surface area contributed by atoms with Crippen molar-refractivity contribution in [1.82, 2.24) is 0 Å². The van der Waals surface area contributed by atoms with Crippen LogP contribution in [0.1, 0.15) is 12.8 Å². The van der Waals surface area contributed by atoms with E-state index in [1.807, 2.05) is 36.4 Å². The van der Waals surface area contributed by atoms with Crippen molar-refractivity contribution in [2.75, 3.05) is 31.1 Å². The maximum Gasteiger partial charge on any atom is 0.119 e. The predicted octanol–water partition coefficient (Wildman–Crippen LogP) is 3.31. The number of nitrogens with zero attached hydrogens (tertiary/aromatic N) is 1. The molecule has 0 atom stereocenters. The Kier molecular flexibility index (Phi) is 6.62. The van der Waals surface area contributed by atoms with Gasteiger partial charge in [-0.2, -0.15) is 0 Å². The van der Waals surface area contributed by atoms with Gasteiger partial charge >= 0.3 is 0 Å².